The minimum absolute atomic E-state index is 0. The van der Waals surface area contributed by atoms with E-state index >= 15 is 0 Å². The van der Waals surface area contributed by atoms with Crippen LogP contribution in [0.4, 0.5) is 0 Å². The van der Waals surface area contributed by atoms with Crippen LogP contribution in [0.15, 0.2) is 24.5 Å². The smallest absolute Gasteiger partial charge is 0.0349 e. The molecule has 0 spiro atoms. The van der Waals surface area contributed by atoms with Gasteiger partial charge in [-0.15, -0.1) is 12.4 Å². The van der Waals surface area contributed by atoms with Gasteiger partial charge in [0.1, 0.15) is 0 Å². The van der Waals surface area contributed by atoms with Gasteiger partial charge < -0.3 is 5.32 Å². The molecule has 4 heteroatoms. The summed E-state index contributed by atoms with van der Waals surface area (Å²) in [4.78, 5) is 6.92. The lowest BCUT2D eigenvalue weighted by molar-refractivity contribution is 0.131. The Kier molecular flexibility index (Phi) is 6.03. The predicted molar refractivity (Wildman–Crippen MR) is 89.9 cm³/mol. The van der Waals surface area contributed by atoms with Gasteiger partial charge in [-0.05, 0) is 55.5 Å². The van der Waals surface area contributed by atoms with Crippen molar-refractivity contribution < 1.29 is 0 Å². The summed E-state index contributed by atoms with van der Waals surface area (Å²) in [6, 6.07) is 5.01. The zero-order valence-corrected chi connectivity index (χ0v) is 13.9. The molecule has 118 valence electrons. The standard InChI is InChI=1S/C17H27N3.ClH/c1-17(8-11-19-13-17)14-20-12-4-2-3-5-16(20)15-6-9-18-10-7-15;/h6-7,9-10,16,19H,2-5,8,11-14H2,1H3;1H. The van der Waals surface area contributed by atoms with Crippen molar-refractivity contribution in [2.45, 2.75) is 45.1 Å². The number of aromatic nitrogens is 1. The van der Waals surface area contributed by atoms with Crippen molar-refractivity contribution in [1.82, 2.24) is 15.2 Å². The highest BCUT2D eigenvalue weighted by Gasteiger charge is 2.33. The van der Waals surface area contributed by atoms with E-state index in [1.54, 1.807) is 0 Å². The Hall–Kier alpha value is -0.640. The molecule has 1 aromatic rings. The van der Waals surface area contributed by atoms with Crippen LogP contribution in [0.1, 0.15) is 50.6 Å². The molecule has 2 unspecified atom stereocenters. The topological polar surface area (TPSA) is 28.2 Å². The van der Waals surface area contributed by atoms with Gasteiger partial charge in [0.05, 0.1) is 0 Å². The number of pyridine rings is 1. The van der Waals surface area contributed by atoms with E-state index in [1.807, 2.05) is 12.4 Å². The molecule has 3 rings (SSSR count). The first-order valence-corrected chi connectivity index (χ1v) is 8.12. The molecule has 1 aromatic heterocycles. The third-order valence-electron chi connectivity index (χ3n) is 5.00. The lowest BCUT2D eigenvalue weighted by Crippen LogP contribution is -2.39. The van der Waals surface area contributed by atoms with Crippen LogP contribution in [0.5, 0.6) is 0 Å². The summed E-state index contributed by atoms with van der Waals surface area (Å²) in [5, 5.41) is 3.54. The maximum atomic E-state index is 4.18. The van der Waals surface area contributed by atoms with E-state index < -0.39 is 0 Å². The first kappa shape index (κ1) is 16.7. The van der Waals surface area contributed by atoms with Crippen LogP contribution in [0, 0.1) is 5.41 Å². The Labute approximate surface area is 134 Å². The van der Waals surface area contributed by atoms with Crippen molar-refractivity contribution in [1.29, 1.82) is 0 Å². The van der Waals surface area contributed by atoms with Gasteiger partial charge in [0.25, 0.3) is 0 Å². The SMILES string of the molecule is CC1(CN2CCCCCC2c2ccncc2)CCNC1.Cl. The first-order chi connectivity index (χ1) is 9.77. The molecular weight excluding hydrogens is 282 g/mol. The van der Waals surface area contributed by atoms with Crippen molar-refractivity contribution in [3.63, 3.8) is 0 Å². The van der Waals surface area contributed by atoms with Crippen molar-refractivity contribution in [3.05, 3.63) is 30.1 Å². The molecule has 21 heavy (non-hydrogen) atoms. The average Bonchev–Trinajstić information content (AvgIpc) is 2.76. The predicted octanol–water partition coefficient (Wildman–Crippen LogP) is 3.42. The van der Waals surface area contributed by atoms with Crippen LogP contribution in [-0.4, -0.2) is 36.1 Å². The molecule has 2 aliphatic rings. The van der Waals surface area contributed by atoms with Crippen molar-refractivity contribution in [2.75, 3.05) is 26.2 Å². The molecule has 1 N–H and O–H groups in total. The second-order valence-electron chi connectivity index (χ2n) is 6.85. The van der Waals surface area contributed by atoms with E-state index in [1.165, 1.54) is 63.8 Å². The maximum absolute atomic E-state index is 4.18. The summed E-state index contributed by atoms with van der Waals surface area (Å²) in [6.45, 7) is 7.29. The van der Waals surface area contributed by atoms with Gasteiger partial charge in [-0.1, -0.05) is 19.8 Å². The van der Waals surface area contributed by atoms with Crippen molar-refractivity contribution in [3.8, 4) is 0 Å². The molecule has 2 saturated heterocycles. The van der Waals surface area contributed by atoms with E-state index in [0.717, 1.165) is 0 Å². The Morgan fingerprint density at radius 3 is 2.81 bits per heavy atom. The second kappa shape index (κ2) is 7.57. The Balaban J connectivity index is 0.00000161. The summed E-state index contributed by atoms with van der Waals surface area (Å²) >= 11 is 0. The highest BCUT2D eigenvalue weighted by Crippen LogP contribution is 2.34. The van der Waals surface area contributed by atoms with Gasteiger partial charge in [-0.2, -0.15) is 0 Å². The summed E-state index contributed by atoms with van der Waals surface area (Å²) in [7, 11) is 0. The molecule has 2 atom stereocenters. The molecule has 0 amide bonds. The quantitative estimate of drug-likeness (QED) is 0.927. The molecule has 2 fully saturated rings. The molecule has 0 aromatic carbocycles. The minimum atomic E-state index is 0. The monoisotopic (exact) mass is 309 g/mol. The number of rotatable bonds is 3. The van der Waals surface area contributed by atoms with E-state index in [4.69, 9.17) is 0 Å². The van der Waals surface area contributed by atoms with Gasteiger partial charge in [0, 0.05) is 31.5 Å². The second-order valence-corrected chi connectivity index (χ2v) is 6.85. The maximum Gasteiger partial charge on any atom is 0.0349 e. The summed E-state index contributed by atoms with van der Waals surface area (Å²) in [6.07, 6.45) is 10.6. The highest BCUT2D eigenvalue weighted by atomic mass is 35.5. The van der Waals surface area contributed by atoms with Crippen molar-refractivity contribution in [2.24, 2.45) is 5.41 Å². The highest BCUT2D eigenvalue weighted by molar-refractivity contribution is 5.85. The zero-order valence-electron chi connectivity index (χ0n) is 13.1. The van der Waals surface area contributed by atoms with E-state index in [2.05, 4.69) is 34.3 Å². The fraction of sp³-hybridized carbons (Fsp3) is 0.706. The summed E-state index contributed by atoms with van der Waals surface area (Å²) < 4.78 is 0. The van der Waals surface area contributed by atoms with E-state index in [0.29, 0.717) is 11.5 Å². The molecule has 3 heterocycles. The lowest BCUT2D eigenvalue weighted by Gasteiger charge is -2.36. The van der Waals surface area contributed by atoms with Crippen LogP contribution in [-0.2, 0) is 0 Å². The van der Waals surface area contributed by atoms with Gasteiger partial charge in [0.15, 0.2) is 0 Å². The lowest BCUT2D eigenvalue weighted by atomic mass is 9.88. The number of hydrogen-bond acceptors (Lipinski definition) is 3. The number of hydrogen-bond donors (Lipinski definition) is 1. The van der Waals surface area contributed by atoms with Gasteiger partial charge in [0.2, 0.25) is 0 Å². The Morgan fingerprint density at radius 2 is 2.10 bits per heavy atom. The van der Waals surface area contributed by atoms with Gasteiger partial charge in [-0.25, -0.2) is 0 Å². The molecule has 0 radical (unpaired) electrons. The molecule has 0 aliphatic carbocycles. The molecule has 2 aliphatic heterocycles. The molecular formula is C17H28ClN3. The normalized spacial score (nSPS) is 30.6. The first-order valence-electron chi connectivity index (χ1n) is 8.12. The van der Waals surface area contributed by atoms with Crippen LogP contribution >= 0.6 is 12.4 Å². The van der Waals surface area contributed by atoms with Gasteiger partial charge >= 0.3 is 0 Å². The van der Waals surface area contributed by atoms with Gasteiger partial charge in [-0.3, -0.25) is 9.88 Å². The van der Waals surface area contributed by atoms with E-state index in [9.17, 15) is 0 Å². The zero-order chi connectivity index (χ0) is 13.8. The molecule has 0 bridgehead atoms. The third-order valence-corrected chi connectivity index (χ3v) is 5.00. The van der Waals surface area contributed by atoms with Crippen LogP contribution < -0.4 is 5.32 Å². The van der Waals surface area contributed by atoms with Crippen LogP contribution in [0.2, 0.25) is 0 Å². The fourth-order valence-electron chi connectivity index (χ4n) is 3.81. The molecule has 3 nitrogen and oxygen atoms in total. The van der Waals surface area contributed by atoms with E-state index in [-0.39, 0.29) is 12.4 Å². The average molecular weight is 310 g/mol. The molecule has 0 saturated carbocycles. The largest absolute Gasteiger partial charge is 0.316 e. The van der Waals surface area contributed by atoms with Crippen molar-refractivity contribution >= 4 is 12.4 Å². The number of nitrogens with zero attached hydrogens (tertiary/aromatic N) is 2. The third kappa shape index (κ3) is 4.18. The summed E-state index contributed by atoms with van der Waals surface area (Å²) in [5.41, 5.74) is 1.91. The number of nitrogens with one attached hydrogen (secondary N) is 1. The Bertz CT molecular complexity index is 417. The number of halogens is 1. The fourth-order valence-corrected chi connectivity index (χ4v) is 3.81. The van der Waals surface area contributed by atoms with Crippen LogP contribution in [0.3, 0.4) is 0 Å². The number of likely N-dealkylation sites (tertiary alicyclic amines) is 1. The minimum Gasteiger partial charge on any atom is -0.316 e. The Morgan fingerprint density at radius 1 is 1.29 bits per heavy atom. The summed E-state index contributed by atoms with van der Waals surface area (Å²) in [5.74, 6) is 0. The van der Waals surface area contributed by atoms with Crippen LogP contribution in [0.25, 0.3) is 0 Å².